The van der Waals surface area contributed by atoms with Gasteiger partial charge in [0.2, 0.25) is 0 Å². The molecule has 94 valence electrons. The van der Waals surface area contributed by atoms with E-state index >= 15 is 0 Å². The molecule has 0 saturated heterocycles. The Kier molecular flexibility index (Phi) is 28700. The van der Waals surface area contributed by atoms with Crippen molar-refractivity contribution in [3.63, 3.8) is 0 Å². The standard InChI is InChI=1S/4CH4.3H2O2.O2.H2O/c;;;;4*1-2;/h4*1H4;3*1-2H;;1H2. The van der Waals surface area contributed by atoms with E-state index in [9.17, 15) is 0 Å². The molecule has 0 unspecified atom stereocenters. The molecule has 0 saturated carbocycles. The second-order valence-corrected chi connectivity index (χ2v) is 0. The van der Waals surface area contributed by atoms with Crippen LogP contribution < -0.4 is 0 Å². The van der Waals surface area contributed by atoms with Gasteiger partial charge in [0, 0.05) is 9.93 Å². The fraction of sp³-hybridized carbons (Fsp3) is 1.00. The highest BCUT2D eigenvalue weighted by Gasteiger charge is 0.750. The molecule has 0 spiro atoms. The molecule has 9 heteroatoms. The molecule has 0 aromatic heterocycles. The minimum absolute atomic E-state index is 0. The van der Waals surface area contributed by atoms with Gasteiger partial charge in [-0.1, -0.05) is 29.7 Å². The highest BCUT2D eigenvalue weighted by Crippen LogP contribution is 0.741. The van der Waals surface area contributed by atoms with Gasteiger partial charge in [-0.15, -0.1) is 0 Å². The third-order valence-electron chi connectivity index (χ3n) is 0. The zero-order chi connectivity index (χ0) is 8.00. The average Bonchev–Trinajstić information content (AvgIpc) is 2.03. The highest BCUT2D eigenvalue weighted by atomic mass is 17.0. The van der Waals surface area contributed by atoms with Crippen molar-refractivity contribution in [1.82, 2.24) is 0 Å². The van der Waals surface area contributed by atoms with Crippen molar-refractivity contribution in [2.24, 2.45) is 0 Å². The summed E-state index contributed by atoms with van der Waals surface area (Å²) in [5, 5.41) is 36.0. The van der Waals surface area contributed by atoms with Crippen LogP contribution in [0.25, 0.3) is 0 Å². The minimum atomic E-state index is 0. The Bertz CT molecular complexity index is 11.6. The molecule has 0 heterocycles. The summed E-state index contributed by atoms with van der Waals surface area (Å²) < 4.78 is 0. The van der Waals surface area contributed by atoms with Crippen LogP contribution in [0.4, 0.5) is 0 Å². The lowest BCUT2D eigenvalue weighted by Crippen LogP contribution is -1.29. The molecule has 0 aliphatic rings. The maximum Gasteiger partial charge on any atom is 0 e. The van der Waals surface area contributed by atoms with Crippen LogP contribution in [0.2, 0.25) is 0 Å². The van der Waals surface area contributed by atoms with Crippen LogP contribution in [0.5, 0.6) is 0 Å². The fourth-order valence-electron chi connectivity index (χ4n) is 0. The Balaban J connectivity index is -0.00000000208. The lowest BCUT2D eigenvalue weighted by Gasteiger charge is -1.25. The Morgan fingerprint density at radius 2 is 0.462 bits per heavy atom. The Labute approximate surface area is 77.8 Å². The second-order valence-electron chi connectivity index (χ2n) is 0. The van der Waals surface area contributed by atoms with E-state index < -0.39 is 0 Å². The molecule has 0 radical (unpaired) electrons. The molecular weight excluding hydrogens is 192 g/mol. The molecule has 0 fully saturated rings. The van der Waals surface area contributed by atoms with E-state index in [1.807, 2.05) is 0 Å². The van der Waals surface area contributed by atoms with E-state index in [4.69, 9.17) is 41.5 Å². The first-order chi connectivity index (χ1) is 4.00. The van der Waals surface area contributed by atoms with Crippen molar-refractivity contribution in [2.45, 2.75) is 29.7 Å². The lowest BCUT2D eigenvalue weighted by atomic mass is 12.0. The van der Waals surface area contributed by atoms with E-state index in [0.29, 0.717) is 0 Å². The summed E-state index contributed by atoms with van der Waals surface area (Å²) in [5.74, 6) is 0. The summed E-state index contributed by atoms with van der Waals surface area (Å²) in [5.41, 5.74) is 0. The smallest absolute Gasteiger partial charge is 0 e. The summed E-state index contributed by atoms with van der Waals surface area (Å²) in [4.78, 5) is 14.0. The van der Waals surface area contributed by atoms with Gasteiger partial charge in [0.25, 0.3) is 0 Å². The molecule has 0 aliphatic carbocycles. The third-order valence-corrected chi connectivity index (χ3v) is 0. The third kappa shape index (κ3) is 2130. The maximum absolute atomic E-state index is 7.00. The summed E-state index contributed by atoms with van der Waals surface area (Å²) >= 11 is 0. The molecule has 0 rings (SSSR count). The molecule has 8 N–H and O–H groups in total. The van der Waals surface area contributed by atoms with Gasteiger partial charge in [-0.2, -0.15) is 0 Å². The van der Waals surface area contributed by atoms with Crippen LogP contribution in [0.15, 0.2) is 0 Å². The zero-order valence-electron chi connectivity index (χ0n) is 4.00. The second kappa shape index (κ2) is 2610. The Hall–Kier alpha value is -0.680. The predicted octanol–water partition coefficient (Wildman–Crippen LogP) is 1.84. The first-order valence-corrected chi connectivity index (χ1v) is 0.767. The zero-order valence-corrected chi connectivity index (χ0v) is 4.00. The van der Waals surface area contributed by atoms with Crippen LogP contribution in [-0.4, -0.2) is 37.0 Å². The maximum atomic E-state index is 7.00. The SMILES string of the molecule is C.C.C.C.O.O=O.OO.OO.OO. The number of hydrogen-bond donors (Lipinski definition) is 6. The molecule has 0 amide bonds. The molecule has 9 nitrogen and oxygen atoms in total. The molecule has 0 aromatic rings. The van der Waals surface area contributed by atoms with Gasteiger partial charge < -0.3 is 5.48 Å². The van der Waals surface area contributed by atoms with Gasteiger partial charge in [0.15, 0.2) is 0 Å². The largest absolute Gasteiger partial charge is 0.412 e. The molecule has 13 heavy (non-hydrogen) atoms. The van der Waals surface area contributed by atoms with Crippen molar-refractivity contribution >= 4 is 0 Å². The summed E-state index contributed by atoms with van der Waals surface area (Å²) in [7, 11) is 0. The van der Waals surface area contributed by atoms with Crippen LogP contribution >= 0.6 is 0 Å². The molecule has 0 aromatic carbocycles. The predicted molar refractivity (Wildman–Crippen MR) is 53.0 cm³/mol. The fourth-order valence-corrected chi connectivity index (χ4v) is 0. The van der Waals surface area contributed by atoms with Crippen molar-refractivity contribution in [2.75, 3.05) is 0 Å². The van der Waals surface area contributed by atoms with Gasteiger partial charge in [-0.05, 0) is 0 Å². The summed E-state index contributed by atoms with van der Waals surface area (Å²) in [6, 6.07) is 0. The van der Waals surface area contributed by atoms with E-state index in [-0.39, 0.29) is 35.2 Å². The monoisotopic (exact) mass is 216 g/mol. The van der Waals surface area contributed by atoms with E-state index in [1.165, 1.54) is 0 Å². The van der Waals surface area contributed by atoms with Crippen LogP contribution in [0, 0.1) is 9.93 Å². The van der Waals surface area contributed by atoms with Gasteiger partial charge in [0.1, 0.15) is 0 Å². The first kappa shape index (κ1) is 143. The Morgan fingerprint density at radius 1 is 0.462 bits per heavy atom. The van der Waals surface area contributed by atoms with Crippen LogP contribution in [-0.2, 0) is 0 Å². The van der Waals surface area contributed by atoms with Crippen molar-refractivity contribution < 1.29 is 37.0 Å². The van der Waals surface area contributed by atoms with Crippen LogP contribution in [0.3, 0.4) is 0 Å². The van der Waals surface area contributed by atoms with Crippen molar-refractivity contribution in [3.8, 4) is 0 Å². The van der Waals surface area contributed by atoms with Crippen molar-refractivity contribution in [1.29, 1.82) is 0 Å². The van der Waals surface area contributed by atoms with E-state index in [2.05, 4.69) is 0 Å². The van der Waals surface area contributed by atoms with Gasteiger partial charge in [-0.3, -0.25) is 31.5 Å². The summed E-state index contributed by atoms with van der Waals surface area (Å²) in [6.07, 6.45) is 0. The molecular formula is C4H24O9. The number of rotatable bonds is 0. The average molecular weight is 216 g/mol. The quantitative estimate of drug-likeness (QED) is 0.261. The number of hydrogen-bond acceptors (Lipinski definition) is 8. The van der Waals surface area contributed by atoms with Gasteiger partial charge >= 0.3 is 0 Å². The first-order valence-electron chi connectivity index (χ1n) is 0.767. The molecule has 0 atom stereocenters. The topological polar surface area (TPSA) is 187 Å². The normalized spacial score (nSPS) is 1.69. The molecule has 0 aliphatic heterocycles. The Morgan fingerprint density at radius 3 is 0.462 bits per heavy atom. The minimum Gasteiger partial charge on any atom is -0.412 e. The molecule has 0 bridgehead atoms. The van der Waals surface area contributed by atoms with Crippen LogP contribution in [0.1, 0.15) is 29.7 Å². The van der Waals surface area contributed by atoms with Gasteiger partial charge in [0.05, 0.1) is 0 Å². The van der Waals surface area contributed by atoms with E-state index in [1.54, 1.807) is 0 Å². The van der Waals surface area contributed by atoms with Gasteiger partial charge in [-0.25, -0.2) is 0 Å². The van der Waals surface area contributed by atoms with Crippen molar-refractivity contribution in [3.05, 3.63) is 9.93 Å². The highest BCUT2D eigenvalue weighted by molar-refractivity contribution is 4.07. The lowest BCUT2D eigenvalue weighted by molar-refractivity contribution is -0.176. The summed E-state index contributed by atoms with van der Waals surface area (Å²) in [6.45, 7) is 0. The van der Waals surface area contributed by atoms with E-state index in [0.717, 1.165) is 0 Å².